The molecule has 0 saturated heterocycles. The van der Waals surface area contributed by atoms with Crippen molar-refractivity contribution < 1.29 is 9.53 Å². The molecule has 0 aliphatic rings. The summed E-state index contributed by atoms with van der Waals surface area (Å²) in [5.41, 5.74) is 3.62. The molecule has 0 aliphatic heterocycles. The average Bonchev–Trinajstić information content (AvgIpc) is 2.32. The molecule has 1 amide bonds. The van der Waals surface area contributed by atoms with Crippen LogP contribution in [0.25, 0.3) is 0 Å². The number of hydrogen-bond donors (Lipinski definition) is 1. The van der Waals surface area contributed by atoms with Crippen molar-refractivity contribution in [2.75, 3.05) is 13.7 Å². The Balaban J connectivity index is 2.69. The molecule has 0 heterocycles. The lowest BCUT2D eigenvalue weighted by molar-refractivity contribution is -0.120. The molecule has 0 spiro atoms. The van der Waals surface area contributed by atoms with E-state index >= 15 is 0 Å². The molecular formula is C14H21NO2. The molecule has 0 saturated carbocycles. The Hall–Kier alpha value is -1.51. The van der Waals surface area contributed by atoms with Gasteiger partial charge in [0.15, 0.2) is 0 Å². The van der Waals surface area contributed by atoms with Gasteiger partial charge in [0.05, 0.1) is 7.11 Å². The second-order valence-electron chi connectivity index (χ2n) is 4.20. The van der Waals surface area contributed by atoms with Crippen LogP contribution in [0.15, 0.2) is 12.1 Å². The van der Waals surface area contributed by atoms with Gasteiger partial charge in [-0.25, -0.2) is 0 Å². The van der Waals surface area contributed by atoms with Gasteiger partial charge in [0.2, 0.25) is 5.91 Å². The topological polar surface area (TPSA) is 38.3 Å². The zero-order chi connectivity index (χ0) is 12.8. The Kier molecular flexibility index (Phi) is 5.01. The van der Waals surface area contributed by atoms with Gasteiger partial charge in [-0.15, -0.1) is 0 Å². The first kappa shape index (κ1) is 13.6. The Morgan fingerprint density at radius 2 is 1.94 bits per heavy atom. The number of rotatable bonds is 5. The second-order valence-corrected chi connectivity index (χ2v) is 4.20. The van der Waals surface area contributed by atoms with Crippen molar-refractivity contribution in [3.63, 3.8) is 0 Å². The molecule has 0 aromatic heterocycles. The second kappa shape index (κ2) is 6.28. The molecule has 0 bridgehead atoms. The number of aryl methyl sites for hydroxylation is 2. The van der Waals surface area contributed by atoms with Crippen LogP contribution in [-0.4, -0.2) is 19.6 Å². The Morgan fingerprint density at radius 3 is 2.53 bits per heavy atom. The van der Waals surface area contributed by atoms with Crippen molar-refractivity contribution in [3.05, 3.63) is 28.8 Å². The van der Waals surface area contributed by atoms with Crippen LogP contribution in [0.2, 0.25) is 0 Å². The van der Waals surface area contributed by atoms with Gasteiger partial charge in [-0.1, -0.05) is 13.0 Å². The smallest absolute Gasteiger partial charge is 0.219 e. The highest BCUT2D eigenvalue weighted by atomic mass is 16.5. The minimum atomic E-state index is 0.0906. The van der Waals surface area contributed by atoms with Gasteiger partial charge in [-0.2, -0.15) is 0 Å². The van der Waals surface area contributed by atoms with Crippen LogP contribution in [-0.2, 0) is 11.2 Å². The molecule has 0 aliphatic carbocycles. The van der Waals surface area contributed by atoms with E-state index in [0.717, 1.165) is 17.7 Å². The van der Waals surface area contributed by atoms with Crippen molar-refractivity contribution >= 4 is 5.91 Å². The molecule has 0 fully saturated rings. The maximum absolute atomic E-state index is 11.1. The van der Waals surface area contributed by atoms with Gasteiger partial charge < -0.3 is 10.1 Å². The van der Waals surface area contributed by atoms with Crippen LogP contribution in [0.4, 0.5) is 0 Å². The molecule has 0 atom stereocenters. The molecule has 0 radical (unpaired) electrons. The number of hydrogen-bond acceptors (Lipinski definition) is 2. The third-order valence-corrected chi connectivity index (χ3v) is 2.93. The first-order chi connectivity index (χ1) is 8.08. The SMILES string of the molecule is CCC(=O)NCCc1cc(C)c(C)cc1OC. The van der Waals surface area contributed by atoms with Crippen LogP contribution in [0, 0.1) is 13.8 Å². The summed E-state index contributed by atoms with van der Waals surface area (Å²) in [6.07, 6.45) is 1.33. The summed E-state index contributed by atoms with van der Waals surface area (Å²) in [6.45, 7) is 6.67. The molecule has 1 aromatic carbocycles. The van der Waals surface area contributed by atoms with Crippen molar-refractivity contribution in [2.45, 2.75) is 33.6 Å². The number of carbonyl (C=O) groups is 1. The van der Waals surface area contributed by atoms with Crippen LogP contribution in [0.5, 0.6) is 5.75 Å². The van der Waals surface area contributed by atoms with Gasteiger partial charge in [-0.3, -0.25) is 4.79 Å². The molecule has 17 heavy (non-hydrogen) atoms. The summed E-state index contributed by atoms with van der Waals surface area (Å²) in [5, 5.41) is 2.87. The van der Waals surface area contributed by atoms with Gasteiger partial charge in [0.25, 0.3) is 0 Å². The summed E-state index contributed by atoms with van der Waals surface area (Å²) < 4.78 is 5.35. The maximum Gasteiger partial charge on any atom is 0.219 e. The zero-order valence-corrected chi connectivity index (χ0v) is 11.1. The fourth-order valence-corrected chi connectivity index (χ4v) is 1.70. The van der Waals surface area contributed by atoms with E-state index in [1.807, 2.05) is 13.0 Å². The molecule has 1 N–H and O–H groups in total. The highest BCUT2D eigenvalue weighted by Gasteiger charge is 2.06. The van der Waals surface area contributed by atoms with Crippen LogP contribution in [0.1, 0.15) is 30.0 Å². The number of nitrogens with one attached hydrogen (secondary N) is 1. The first-order valence-corrected chi connectivity index (χ1v) is 5.99. The number of amides is 1. The van der Waals surface area contributed by atoms with Crippen molar-refractivity contribution in [3.8, 4) is 5.75 Å². The van der Waals surface area contributed by atoms with Crippen molar-refractivity contribution in [1.82, 2.24) is 5.32 Å². The van der Waals surface area contributed by atoms with E-state index in [4.69, 9.17) is 4.74 Å². The van der Waals surface area contributed by atoms with E-state index < -0.39 is 0 Å². The zero-order valence-electron chi connectivity index (χ0n) is 11.1. The van der Waals surface area contributed by atoms with E-state index in [1.165, 1.54) is 11.1 Å². The van der Waals surface area contributed by atoms with Gasteiger partial charge in [0.1, 0.15) is 5.75 Å². The maximum atomic E-state index is 11.1. The highest BCUT2D eigenvalue weighted by Crippen LogP contribution is 2.23. The van der Waals surface area contributed by atoms with Crippen LogP contribution in [0.3, 0.4) is 0 Å². The Bertz CT molecular complexity index is 399. The third kappa shape index (κ3) is 3.77. The van der Waals surface area contributed by atoms with E-state index in [2.05, 4.69) is 25.2 Å². The summed E-state index contributed by atoms with van der Waals surface area (Å²) >= 11 is 0. The Morgan fingerprint density at radius 1 is 1.29 bits per heavy atom. The van der Waals surface area contributed by atoms with Gasteiger partial charge in [-0.05, 0) is 43.0 Å². The number of carbonyl (C=O) groups excluding carboxylic acids is 1. The standard InChI is InChI=1S/C14H21NO2/c1-5-14(16)15-7-6-12-8-10(2)11(3)9-13(12)17-4/h8-9H,5-7H2,1-4H3,(H,15,16). The minimum absolute atomic E-state index is 0.0906. The van der Waals surface area contributed by atoms with E-state index in [9.17, 15) is 4.79 Å². The predicted octanol–water partition coefficient (Wildman–Crippen LogP) is 2.38. The van der Waals surface area contributed by atoms with Crippen molar-refractivity contribution in [1.29, 1.82) is 0 Å². The van der Waals surface area contributed by atoms with Gasteiger partial charge >= 0.3 is 0 Å². The van der Waals surface area contributed by atoms with Crippen molar-refractivity contribution in [2.24, 2.45) is 0 Å². The lowest BCUT2D eigenvalue weighted by atomic mass is 10.0. The Labute approximate surface area is 103 Å². The summed E-state index contributed by atoms with van der Waals surface area (Å²) in [4.78, 5) is 11.1. The monoisotopic (exact) mass is 235 g/mol. The van der Waals surface area contributed by atoms with E-state index in [-0.39, 0.29) is 5.91 Å². The molecule has 3 nitrogen and oxygen atoms in total. The first-order valence-electron chi connectivity index (χ1n) is 5.99. The highest BCUT2D eigenvalue weighted by molar-refractivity contribution is 5.75. The number of ether oxygens (including phenoxy) is 1. The average molecular weight is 235 g/mol. The summed E-state index contributed by atoms with van der Waals surface area (Å²) in [7, 11) is 1.68. The molecular weight excluding hydrogens is 214 g/mol. The summed E-state index contributed by atoms with van der Waals surface area (Å²) in [5.74, 6) is 0.992. The molecule has 0 unspecified atom stereocenters. The van der Waals surface area contributed by atoms with E-state index in [0.29, 0.717) is 13.0 Å². The lowest BCUT2D eigenvalue weighted by Gasteiger charge is -2.12. The molecule has 3 heteroatoms. The predicted molar refractivity (Wildman–Crippen MR) is 69.5 cm³/mol. The normalized spacial score (nSPS) is 10.1. The fraction of sp³-hybridized carbons (Fsp3) is 0.500. The van der Waals surface area contributed by atoms with E-state index in [1.54, 1.807) is 7.11 Å². The summed E-state index contributed by atoms with van der Waals surface area (Å²) in [6, 6.07) is 4.18. The largest absolute Gasteiger partial charge is 0.496 e. The molecule has 1 aromatic rings. The quantitative estimate of drug-likeness (QED) is 0.851. The molecule has 1 rings (SSSR count). The van der Waals surface area contributed by atoms with Crippen LogP contribution >= 0.6 is 0 Å². The van der Waals surface area contributed by atoms with Gasteiger partial charge in [0, 0.05) is 13.0 Å². The molecule has 94 valence electrons. The number of benzene rings is 1. The fourth-order valence-electron chi connectivity index (χ4n) is 1.70. The lowest BCUT2D eigenvalue weighted by Crippen LogP contribution is -2.24. The van der Waals surface area contributed by atoms with Crippen LogP contribution < -0.4 is 10.1 Å². The minimum Gasteiger partial charge on any atom is -0.496 e. The third-order valence-electron chi connectivity index (χ3n) is 2.93. The number of methoxy groups -OCH3 is 1.